The van der Waals surface area contributed by atoms with Crippen molar-refractivity contribution in [3.63, 3.8) is 0 Å². The number of hydrogen-bond donors (Lipinski definition) is 1. The molecule has 0 aliphatic heterocycles. The highest BCUT2D eigenvalue weighted by Crippen LogP contribution is 2.21. The summed E-state index contributed by atoms with van der Waals surface area (Å²) < 4.78 is 2.89. The Bertz CT molecular complexity index is 668. The first-order valence-electron chi connectivity index (χ1n) is 7.03. The number of hydrogen-bond acceptors (Lipinski definition) is 3. The number of amides is 1. The van der Waals surface area contributed by atoms with Crippen LogP contribution >= 0.6 is 27.5 Å². The van der Waals surface area contributed by atoms with Crippen molar-refractivity contribution in [2.45, 2.75) is 44.1 Å². The topological polar surface area (TPSA) is 59.8 Å². The van der Waals surface area contributed by atoms with Crippen molar-refractivity contribution in [3.05, 3.63) is 22.6 Å². The summed E-state index contributed by atoms with van der Waals surface area (Å²) in [6.45, 7) is 0.700. The van der Waals surface area contributed by atoms with Crippen LogP contribution in [-0.2, 0) is 17.2 Å². The third kappa shape index (κ3) is 3.55. The van der Waals surface area contributed by atoms with Crippen molar-refractivity contribution in [1.29, 1.82) is 0 Å². The predicted octanol–water partition coefficient (Wildman–Crippen LogP) is 2.99. The zero-order valence-electron chi connectivity index (χ0n) is 11.5. The quantitative estimate of drug-likeness (QED) is 0.794. The van der Waals surface area contributed by atoms with E-state index in [-0.39, 0.29) is 5.91 Å². The van der Waals surface area contributed by atoms with E-state index in [9.17, 15) is 4.79 Å². The Hall–Kier alpha value is -1.14. The molecule has 3 rings (SSSR count). The lowest BCUT2D eigenvalue weighted by molar-refractivity contribution is -0.121. The number of carbonyl (C=O) groups excluding carboxylic acids is 1. The molecule has 112 valence electrons. The Balaban J connectivity index is 1.68. The first kappa shape index (κ1) is 14.8. The molecular weight excluding hydrogens is 356 g/mol. The van der Waals surface area contributed by atoms with Crippen LogP contribution in [0.25, 0.3) is 11.2 Å². The number of aryl methyl sites for hydroxylation is 1. The molecule has 7 heteroatoms. The van der Waals surface area contributed by atoms with Gasteiger partial charge in [-0.05, 0) is 41.3 Å². The molecular formula is C14H16BrClN4O. The van der Waals surface area contributed by atoms with Crippen LogP contribution in [0.1, 0.15) is 31.5 Å². The lowest BCUT2D eigenvalue weighted by atomic mass is 10.3. The summed E-state index contributed by atoms with van der Waals surface area (Å²) in [5.41, 5.74) is 1.64. The monoisotopic (exact) mass is 370 g/mol. The van der Waals surface area contributed by atoms with E-state index in [1.165, 1.54) is 0 Å². The minimum atomic E-state index is 0.130. The summed E-state index contributed by atoms with van der Waals surface area (Å²) in [5.74, 6) is 1.26. The number of alkyl halides is 1. The number of halogens is 2. The van der Waals surface area contributed by atoms with Crippen molar-refractivity contribution in [2.75, 3.05) is 0 Å². The van der Waals surface area contributed by atoms with Crippen LogP contribution in [0.3, 0.4) is 0 Å². The second-order valence-electron chi connectivity index (χ2n) is 5.25. The smallest absolute Gasteiger partial charge is 0.220 e. The molecule has 1 N–H and O–H groups in total. The van der Waals surface area contributed by atoms with Gasteiger partial charge in [-0.15, -0.1) is 11.6 Å². The maximum absolute atomic E-state index is 11.7. The van der Waals surface area contributed by atoms with Gasteiger partial charge in [0.05, 0.1) is 5.88 Å². The normalized spacial score (nSPS) is 14.6. The number of imidazole rings is 1. The predicted molar refractivity (Wildman–Crippen MR) is 85.2 cm³/mol. The van der Waals surface area contributed by atoms with E-state index in [0.717, 1.165) is 40.7 Å². The van der Waals surface area contributed by atoms with Crippen molar-refractivity contribution in [3.8, 4) is 0 Å². The summed E-state index contributed by atoms with van der Waals surface area (Å²) in [7, 11) is 0. The molecule has 1 amide bonds. The van der Waals surface area contributed by atoms with Gasteiger partial charge in [0.15, 0.2) is 5.65 Å². The highest BCUT2D eigenvalue weighted by Gasteiger charge is 2.22. The van der Waals surface area contributed by atoms with Crippen molar-refractivity contribution >= 4 is 44.6 Å². The molecule has 2 aromatic heterocycles. The number of rotatable bonds is 6. The third-order valence-corrected chi connectivity index (χ3v) is 4.15. The molecule has 21 heavy (non-hydrogen) atoms. The van der Waals surface area contributed by atoms with Crippen LogP contribution in [-0.4, -0.2) is 26.5 Å². The average Bonchev–Trinajstić information content (AvgIpc) is 3.19. The summed E-state index contributed by atoms with van der Waals surface area (Å²) in [5, 5.41) is 3.00. The maximum atomic E-state index is 11.7. The van der Waals surface area contributed by atoms with Crippen LogP contribution in [0.4, 0.5) is 0 Å². The molecule has 1 saturated carbocycles. The fourth-order valence-electron chi connectivity index (χ4n) is 2.30. The number of carbonyl (C=O) groups is 1. The van der Waals surface area contributed by atoms with Crippen molar-refractivity contribution < 1.29 is 4.79 Å². The zero-order valence-corrected chi connectivity index (χ0v) is 13.8. The standard InChI is InChI=1S/C14H16BrClN4O/c15-9-6-11-14(17-8-9)20(12(7-16)19-11)5-1-2-13(21)18-10-3-4-10/h6,8,10H,1-5,7H2,(H,18,21). The van der Waals surface area contributed by atoms with Gasteiger partial charge in [0.25, 0.3) is 0 Å². The van der Waals surface area contributed by atoms with E-state index in [4.69, 9.17) is 11.6 Å². The van der Waals surface area contributed by atoms with Crippen LogP contribution in [0.5, 0.6) is 0 Å². The van der Waals surface area contributed by atoms with Gasteiger partial charge in [0, 0.05) is 29.7 Å². The number of aromatic nitrogens is 3. The van der Waals surface area contributed by atoms with Gasteiger partial charge in [-0.3, -0.25) is 4.79 Å². The summed E-state index contributed by atoms with van der Waals surface area (Å²) in [4.78, 5) is 20.6. The zero-order chi connectivity index (χ0) is 14.8. The van der Waals surface area contributed by atoms with Gasteiger partial charge < -0.3 is 9.88 Å². The van der Waals surface area contributed by atoms with E-state index in [0.29, 0.717) is 24.9 Å². The largest absolute Gasteiger partial charge is 0.353 e. The summed E-state index contributed by atoms with van der Waals surface area (Å²) in [6, 6.07) is 2.35. The van der Waals surface area contributed by atoms with E-state index >= 15 is 0 Å². The number of fused-ring (bicyclic) bond motifs is 1. The Labute approximate surface area is 136 Å². The molecule has 0 saturated heterocycles. The SMILES string of the molecule is O=C(CCCn1c(CCl)nc2cc(Br)cnc21)NC1CC1. The molecule has 1 aliphatic rings. The minimum Gasteiger partial charge on any atom is -0.353 e. The van der Waals surface area contributed by atoms with E-state index in [1.807, 2.05) is 10.6 Å². The van der Waals surface area contributed by atoms with Crippen LogP contribution in [0, 0.1) is 0 Å². The number of nitrogens with zero attached hydrogens (tertiary/aromatic N) is 3. The Morgan fingerprint density at radius 2 is 2.33 bits per heavy atom. The summed E-state index contributed by atoms with van der Waals surface area (Å²) in [6.07, 6.45) is 5.26. The third-order valence-electron chi connectivity index (χ3n) is 3.48. The van der Waals surface area contributed by atoms with Crippen LogP contribution in [0.15, 0.2) is 16.7 Å². The first-order valence-corrected chi connectivity index (χ1v) is 8.36. The van der Waals surface area contributed by atoms with Crippen LogP contribution in [0.2, 0.25) is 0 Å². The molecule has 0 radical (unpaired) electrons. The highest BCUT2D eigenvalue weighted by molar-refractivity contribution is 9.10. The Morgan fingerprint density at radius 3 is 3.05 bits per heavy atom. The highest BCUT2D eigenvalue weighted by atomic mass is 79.9. The molecule has 2 aromatic rings. The minimum absolute atomic E-state index is 0.130. The lowest BCUT2D eigenvalue weighted by Gasteiger charge is -2.07. The van der Waals surface area contributed by atoms with E-state index in [1.54, 1.807) is 6.20 Å². The van der Waals surface area contributed by atoms with Gasteiger partial charge in [0.2, 0.25) is 5.91 Å². The molecule has 5 nitrogen and oxygen atoms in total. The fourth-order valence-corrected chi connectivity index (χ4v) is 2.82. The van der Waals surface area contributed by atoms with Gasteiger partial charge in [-0.1, -0.05) is 0 Å². The Morgan fingerprint density at radius 1 is 1.52 bits per heavy atom. The van der Waals surface area contributed by atoms with Gasteiger partial charge in [0.1, 0.15) is 11.3 Å². The number of pyridine rings is 1. The molecule has 0 spiro atoms. The summed E-state index contributed by atoms with van der Waals surface area (Å²) >= 11 is 9.35. The molecule has 0 unspecified atom stereocenters. The average molecular weight is 372 g/mol. The van der Waals surface area contributed by atoms with Crippen LogP contribution < -0.4 is 5.32 Å². The fraction of sp³-hybridized carbons (Fsp3) is 0.500. The van der Waals surface area contributed by atoms with Gasteiger partial charge in [-0.25, -0.2) is 9.97 Å². The Kier molecular flexibility index (Phi) is 4.45. The lowest BCUT2D eigenvalue weighted by Crippen LogP contribution is -2.25. The second kappa shape index (κ2) is 6.32. The number of nitrogens with one attached hydrogen (secondary N) is 1. The molecule has 0 aromatic carbocycles. The molecule has 2 heterocycles. The molecule has 0 atom stereocenters. The van der Waals surface area contributed by atoms with E-state index in [2.05, 4.69) is 31.2 Å². The second-order valence-corrected chi connectivity index (χ2v) is 6.44. The van der Waals surface area contributed by atoms with Crippen molar-refractivity contribution in [2.24, 2.45) is 0 Å². The van der Waals surface area contributed by atoms with E-state index < -0.39 is 0 Å². The van der Waals surface area contributed by atoms with Crippen molar-refractivity contribution in [1.82, 2.24) is 19.9 Å². The van der Waals surface area contributed by atoms with Gasteiger partial charge in [-0.2, -0.15) is 0 Å². The maximum Gasteiger partial charge on any atom is 0.220 e. The molecule has 1 aliphatic carbocycles. The van der Waals surface area contributed by atoms with Gasteiger partial charge >= 0.3 is 0 Å². The molecule has 1 fully saturated rings. The molecule has 0 bridgehead atoms. The first-order chi connectivity index (χ1) is 10.2.